The molecule has 0 radical (unpaired) electrons. The molecule has 8 aromatic carbocycles. The van der Waals surface area contributed by atoms with E-state index < -0.39 is 0 Å². The van der Waals surface area contributed by atoms with Crippen LogP contribution in [-0.2, 0) is 24.9 Å². The van der Waals surface area contributed by atoms with E-state index in [1.807, 2.05) is 0 Å². The molecular formula is C56H52N4. The molecule has 10 aromatic rings. The largest absolute Gasteiger partial charge is 0.344 e. The van der Waals surface area contributed by atoms with Gasteiger partial charge in [0, 0.05) is 80.8 Å². The molecule has 2 aromatic heterocycles. The van der Waals surface area contributed by atoms with E-state index in [4.69, 9.17) is 0 Å². The molecule has 0 unspecified atom stereocenters. The topological polar surface area (TPSA) is 16.3 Å². The molecule has 0 spiro atoms. The Balaban J connectivity index is 1.12. The second-order valence-corrected chi connectivity index (χ2v) is 18.5. The lowest BCUT2D eigenvalue weighted by atomic mass is 9.87. The standard InChI is InChI=1S/C56H52N4/c1-55(2,3)37-19-23-41(24-20-37)59(39-15-11-9-12-16-39)43-27-29-47-51(35-43)57(7)49-33-31-46-45(53(47)49)32-34-50-54(46)48-30-28-44(36-52(48)58(50)8)60(40-17-13-10-14-18-40)42-25-21-38(22-26-42)56(4,5)6/h9-36H,1-8H3. The summed E-state index contributed by atoms with van der Waals surface area (Å²) in [6.45, 7) is 13.6. The van der Waals surface area contributed by atoms with Gasteiger partial charge in [-0.3, -0.25) is 0 Å². The summed E-state index contributed by atoms with van der Waals surface area (Å²) in [6.07, 6.45) is 0. The van der Waals surface area contributed by atoms with Crippen LogP contribution in [0.2, 0.25) is 0 Å². The van der Waals surface area contributed by atoms with E-state index in [0.29, 0.717) is 0 Å². The maximum Gasteiger partial charge on any atom is 0.0509 e. The summed E-state index contributed by atoms with van der Waals surface area (Å²) < 4.78 is 4.73. The zero-order chi connectivity index (χ0) is 41.5. The molecular weight excluding hydrogens is 729 g/mol. The van der Waals surface area contributed by atoms with Crippen molar-refractivity contribution >= 4 is 88.5 Å². The van der Waals surface area contributed by atoms with E-state index in [1.165, 1.54) is 65.5 Å². The third-order valence-corrected chi connectivity index (χ3v) is 12.6. The Bertz CT molecular complexity index is 2990. The smallest absolute Gasteiger partial charge is 0.0509 e. The van der Waals surface area contributed by atoms with Gasteiger partial charge in [-0.2, -0.15) is 0 Å². The molecule has 0 aliphatic heterocycles. The number of fused-ring (bicyclic) bond motifs is 9. The fraction of sp³-hybridized carbons (Fsp3) is 0.179. The van der Waals surface area contributed by atoms with Gasteiger partial charge in [-0.25, -0.2) is 0 Å². The molecule has 0 saturated carbocycles. The lowest BCUT2D eigenvalue weighted by molar-refractivity contribution is 0.590. The van der Waals surface area contributed by atoms with Crippen LogP contribution in [0, 0.1) is 0 Å². The first-order valence-corrected chi connectivity index (χ1v) is 21.1. The zero-order valence-electron chi connectivity index (χ0n) is 36.0. The molecule has 0 N–H and O–H groups in total. The highest BCUT2D eigenvalue weighted by molar-refractivity contribution is 6.29. The molecule has 60 heavy (non-hydrogen) atoms. The van der Waals surface area contributed by atoms with Crippen LogP contribution in [0.3, 0.4) is 0 Å². The van der Waals surface area contributed by atoms with Gasteiger partial charge >= 0.3 is 0 Å². The van der Waals surface area contributed by atoms with E-state index in [1.54, 1.807) is 0 Å². The van der Waals surface area contributed by atoms with Crippen molar-refractivity contribution in [3.63, 3.8) is 0 Å². The van der Waals surface area contributed by atoms with Crippen LogP contribution in [0.1, 0.15) is 52.7 Å². The number of aromatic nitrogens is 2. The molecule has 4 heteroatoms. The number of rotatable bonds is 6. The Morgan fingerprint density at radius 2 is 0.633 bits per heavy atom. The van der Waals surface area contributed by atoms with Gasteiger partial charge in [0.05, 0.1) is 11.0 Å². The summed E-state index contributed by atoms with van der Waals surface area (Å²) in [5.41, 5.74) is 14.5. The zero-order valence-corrected chi connectivity index (χ0v) is 36.0. The lowest BCUT2D eigenvalue weighted by Crippen LogP contribution is -2.13. The molecule has 0 saturated heterocycles. The van der Waals surface area contributed by atoms with Crippen molar-refractivity contribution in [2.75, 3.05) is 9.80 Å². The number of anilines is 6. The van der Waals surface area contributed by atoms with Gasteiger partial charge in [0.15, 0.2) is 0 Å². The number of para-hydroxylation sites is 2. The average molecular weight is 781 g/mol. The van der Waals surface area contributed by atoms with Gasteiger partial charge in [-0.15, -0.1) is 0 Å². The van der Waals surface area contributed by atoms with Crippen LogP contribution in [0.4, 0.5) is 34.1 Å². The van der Waals surface area contributed by atoms with E-state index in [2.05, 4.69) is 244 Å². The summed E-state index contributed by atoms with van der Waals surface area (Å²) in [5.74, 6) is 0. The van der Waals surface area contributed by atoms with Crippen molar-refractivity contribution in [2.45, 2.75) is 52.4 Å². The highest BCUT2D eigenvalue weighted by Crippen LogP contribution is 2.44. The molecule has 0 fully saturated rings. The van der Waals surface area contributed by atoms with Gasteiger partial charge in [0.1, 0.15) is 0 Å². The fourth-order valence-electron chi connectivity index (χ4n) is 9.33. The fourth-order valence-corrected chi connectivity index (χ4v) is 9.33. The van der Waals surface area contributed by atoms with Crippen LogP contribution in [0.15, 0.2) is 170 Å². The Labute approximate surface area is 353 Å². The molecule has 2 heterocycles. The van der Waals surface area contributed by atoms with Crippen molar-refractivity contribution in [2.24, 2.45) is 14.1 Å². The lowest BCUT2D eigenvalue weighted by Gasteiger charge is -2.27. The van der Waals surface area contributed by atoms with Gasteiger partial charge < -0.3 is 18.9 Å². The summed E-state index contributed by atoms with van der Waals surface area (Å²) in [6, 6.07) is 62.8. The predicted octanol–water partition coefficient (Wildman–Crippen LogP) is 15.7. The molecule has 0 amide bonds. The van der Waals surface area contributed by atoms with E-state index in [-0.39, 0.29) is 10.8 Å². The van der Waals surface area contributed by atoms with Gasteiger partial charge in [0.25, 0.3) is 0 Å². The SMILES string of the molecule is Cn1c2cc(N(c3ccccc3)c3ccc(C(C)(C)C)cc3)ccc2c2c3ccc4c(c3ccc21)c1ccc(N(c2ccccc2)c2ccc(C(C)(C)C)cc2)cc1n4C. The number of benzene rings is 8. The summed E-state index contributed by atoms with van der Waals surface area (Å²) >= 11 is 0. The van der Waals surface area contributed by atoms with Crippen LogP contribution in [0.5, 0.6) is 0 Å². The second-order valence-electron chi connectivity index (χ2n) is 18.5. The Hall–Kier alpha value is -6.78. The van der Waals surface area contributed by atoms with Gasteiger partial charge in [-0.05, 0) is 118 Å². The Kier molecular flexibility index (Phi) is 8.69. The maximum absolute atomic E-state index is 2.37. The normalized spacial score (nSPS) is 12.3. The first-order valence-electron chi connectivity index (χ1n) is 21.1. The number of hydrogen-bond acceptors (Lipinski definition) is 2. The summed E-state index contributed by atoms with van der Waals surface area (Å²) in [4.78, 5) is 4.74. The van der Waals surface area contributed by atoms with Gasteiger partial charge in [-0.1, -0.05) is 126 Å². The molecule has 10 rings (SSSR count). The van der Waals surface area contributed by atoms with Crippen molar-refractivity contribution in [3.05, 3.63) is 181 Å². The van der Waals surface area contributed by atoms with Crippen molar-refractivity contribution < 1.29 is 0 Å². The highest BCUT2D eigenvalue weighted by Gasteiger charge is 2.22. The average Bonchev–Trinajstić information content (AvgIpc) is 3.71. The highest BCUT2D eigenvalue weighted by atomic mass is 15.1. The molecule has 0 aliphatic carbocycles. The molecule has 4 nitrogen and oxygen atoms in total. The molecule has 0 atom stereocenters. The van der Waals surface area contributed by atoms with Gasteiger partial charge in [0.2, 0.25) is 0 Å². The van der Waals surface area contributed by atoms with E-state index in [9.17, 15) is 0 Å². The second kappa shape index (κ2) is 13.9. The van der Waals surface area contributed by atoms with Crippen LogP contribution < -0.4 is 9.80 Å². The monoisotopic (exact) mass is 780 g/mol. The number of nitrogens with zero attached hydrogens (tertiary/aromatic N) is 4. The number of aryl methyl sites for hydroxylation is 2. The summed E-state index contributed by atoms with van der Waals surface area (Å²) in [7, 11) is 4.41. The van der Waals surface area contributed by atoms with Crippen molar-refractivity contribution in [1.82, 2.24) is 9.13 Å². The Morgan fingerprint density at radius 1 is 0.317 bits per heavy atom. The molecule has 0 bridgehead atoms. The molecule has 0 aliphatic rings. The predicted molar refractivity (Wildman–Crippen MR) is 259 cm³/mol. The minimum Gasteiger partial charge on any atom is -0.344 e. The maximum atomic E-state index is 2.37. The van der Waals surface area contributed by atoms with Crippen molar-refractivity contribution in [3.8, 4) is 0 Å². The van der Waals surface area contributed by atoms with Crippen molar-refractivity contribution in [1.29, 1.82) is 0 Å². The van der Waals surface area contributed by atoms with E-state index in [0.717, 1.165) is 34.1 Å². The quantitative estimate of drug-likeness (QED) is 0.167. The summed E-state index contributed by atoms with van der Waals surface area (Å²) in [5, 5.41) is 7.66. The first-order chi connectivity index (χ1) is 28.9. The van der Waals surface area contributed by atoms with E-state index >= 15 is 0 Å². The Morgan fingerprint density at radius 3 is 0.983 bits per heavy atom. The third kappa shape index (κ3) is 6.13. The van der Waals surface area contributed by atoms with Crippen LogP contribution >= 0.6 is 0 Å². The molecule has 296 valence electrons. The third-order valence-electron chi connectivity index (χ3n) is 12.6. The minimum absolute atomic E-state index is 0.0877. The van der Waals surface area contributed by atoms with Crippen LogP contribution in [0.25, 0.3) is 54.4 Å². The van der Waals surface area contributed by atoms with Crippen LogP contribution in [-0.4, -0.2) is 9.13 Å². The number of hydrogen-bond donors (Lipinski definition) is 0. The minimum atomic E-state index is 0.0877. The first kappa shape index (κ1) is 37.5.